The normalized spacial score (nSPS) is 13.5. The largest absolute Gasteiger partial charge is 0.505 e. The van der Waals surface area contributed by atoms with Crippen molar-refractivity contribution in [1.29, 1.82) is 0 Å². The summed E-state index contributed by atoms with van der Waals surface area (Å²) in [6.07, 6.45) is 2.50. The monoisotopic (exact) mass is 357 g/mol. The highest BCUT2D eigenvalue weighted by atomic mass is 19.1. The number of imide groups is 1. The number of phenolic OH excluding ortho intramolecular Hbond substituents is 2. The van der Waals surface area contributed by atoms with E-state index in [1.807, 2.05) is 0 Å². The molecule has 2 amide bonds. The summed E-state index contributed by atoms with van der Waals surface area (Å²) in [5.41, 5.74) is -1.07. The smallest absolute Gasteiger partial charge is 0.265 e. The number of benzene rings is 2. The third-order valence-electron chi connectivity index (χ3n) is 4.05. The van der Waals surface area contributed by atoms with Crippen molar-refractivity contribution in [2.45, 2.75) is 6.54 Å². The molecule has 2 heterocycles. The topological polar surface area (TPSA) is 104 Å². The molecule has 0 aliphatic carbocycles. The standard InChI is InChI=1S/C17H9F2N3O4/c18-8-3-7(4-9(19)5-8)6-22-16(25)10-11(17(22)26)15(24)13-12(14(10)23)20-1-2-21-13/h1-5,23-24H,6H2. The van der Waals surface area contributed by atoms with E-state index in [0.717, 1.165) is 12.1 Å². The Bertz CT molecular complexity index is 1040. The van der Waals surface area contributed by atoms with Crippen LogP contribution in [0.15, 0.2) is 30.6 Å². The summed E-state index contributed by atoms with van der Waals surface area (Å²) in [5.74, 6) is -4.72. The molecule has 1 aromatic heterocycles. The lowest BCUT2D eigenvalue weighted by Gasteiger charge is -2.14. The molecule has 0 radical (unpaired) electrons. The van der Waals surface area contributed by atoms with Gasteiger partial charge in [0.2, 0.25) is 0 Å². The Labute approximate surface area is 144 Å². The van der Waals surface area contributed by atoms with Crippen molar-refractivity contribution in [2.75, 3.05) is 0 Å². The summed E-state index contributed by atoms with van der Waals surface area (Å²) >= 11 is 0. The van der Waals surface area contributed by atoms with Gasteiger partial charge in [0.1, 0.15) is 33.8 Å². The number of aromatic hydroxyl groups is 2. The van der Waals surface area contributed by atoms with Crippen LogP contribution < -0.4 is 0 Å². The Morgan fingerprint density at radius 3 is 1.77 bits per heavy atom. The minimum absolute atomic E-state index is 0.0387. The first-order valence-electron chi connectivity index (χ1n) is 7.38. The Kier molecular flexibility index (Phi) is 3.33. The molecule has 0 atom stereocenters. The van der Waals surface area contributed by atoms with E-state index in [1.165, 1.54) is 12.4 Å². The molecule has 26 heavy (non-hydrogen) atoms. The van der Waals surface area contributed by atoms with E-state index in [2.05, 4.69) is 9.97 Å². The lowest BCUT2D eigenvalue weighted by molar-refractivity contribution is 0.0640. The third kappa shape index (κ3) is 2.17. The molecular weight excluding hydrogens is 348 g/mol. The van der Waals surface area contributed by atoms with E-state index in [-0.39, 0.29) is 16.6 Å². The fourth-order valence-electron chi connectivity index (χ4n) is 2.97. The molecule has 2 aromatic carbocycles. The Morgan fingerprint density at radius 2 is 1.31 bits per heavy atom. The van der Waals surface area contributed by atoms with Gasteiger partial charge in [-0.3, -0.25) is 14.5 Å². The number of phenols is 2. The van der Waals surface area contributed by atoms with Crippen LogP contribution in [0.1, 0.15) is 26.3 Å². The zero-order chi connectivity index (χ0) is 18.6. The van der Waals surface area contributed by atoms with Crippen LogP contribution in [-0.2, 0) is 6.54 Å². The van der Waals surface area contributed by atoms with Gasteiger partial charge in [-0.25, -0.2) is 18.7 Å². The highest BCUT2D eigenvalue weighted by Crippen LogP contribution is 2.42. The van der Waals surface area contributed by atoms with Gasteiger partial charge in [-0.2, -0.15) is 0 Å². The molecule has 9 heteroatoms. The summed E-state index contributed by atoms with van der Waals surface area (Å²) in [6, 6.07) is 2.62. The predicted molar refractivity (Wildman–Crippen MR) is 83.4 cm³/mol. The van der Waals surface area contributed by atoms with Gasteiger partial charge in [-0.1, -0.05) is 0 Å². The van der Waals surface area contributed by atoms with Crippen molar-refractivity contribution in [3.63, 3.8) is 0 Å². The van der Waals surface area contributed by atoms with Crippen LogP contribution in [0.3, 0.4) is 0 Å². The first kappa shape index (κ1) is 15.9. The van der Waals surface area contributed by atoms with Gasteiger partial charge in [0.15, 0.2) is 11.5 Å². The Hall–Kier alpha value is -3.62. The predicted octanol–water partition coefficient (Wildman–Crippen LogP) is 2.12. The Morgan fingerprint density at radius 1 is 0.846 bits per heavy atom. The van der Waals surface area contributed by atoms with Crippen molar-refractivity contribution in [3.05, 3.63) is 58.9 Å². The molecule has 2 N–H and O–H groups in total. The second-order valence-corrected chi connectivity index (χ2v) is 5.67. The highest BCUT2D eigenvalue weighted by molar-refractivity contribution is 6.26. The molecule has 3 aromatic rings. The lowest BCUT2D eigenvalue weighted by atomic mass is 10.1. The number of halogens is 2. The first-order chi connectivity index (χ1) is 12.4. The average molecular weight is 357 g/mol. The summed E-state index contributed by atoms with van der Waals surface area (Å²) in [5, 5.41) is 20.6. The molecule has 0 saturated heterocycles. The maximum Gasteiger partial charge on any atom is 0.265 e. The fraction of sp³-hybridized carbons (Fsp3) is 0.0588. The quantitative estimate of drug-likeness (QED) is 0.538. The van der Waals surface area contributed by atoms with Crippen LogP contribution in [0, 0.1) is 11.6 Å². The van der Waals surface area contributed by atoms with E-state index in [4.69, 9.17) is 0 Å². The van der Waals surface area contributed by atoms with E-state index < -0.39 is 52.6 Å². The zero-order valence-corrected chi connectivity index (χ0v) is 12.9. The van der Waals surface area contributed by atoms with Crippen molar-refractivity contribution in [1.82, 2.24) is 14.9 Å². The number of carbonyl (C=O) groups is 2. The molecule has 0 fully saturated rings. The van der Waals surface area contributed by atoms with Crippen LogP contribution in [0.25, 0.3) is 11.0 Å². The van der Waals surface area contributed by atoms with Gasteiger partial charge in [0, 0.05) is 18.5 Å². The minimum Gasteiger partial charge on any atom is -0.505 e. The number of hydrogen-bond acceptors (Lipinski definition) is 6. The molecule has 0 saturated carbocycles. The minimum atomic E-state index is -0.907. The SMILES string of the molecule is O=C1c2c(c(O)c3nccnc3c2O)C(=O)N1Cc1cc(F)cc(F)c1. The number of aromatic nitrogens is 2. The van der Waals surface area contributed by atoms with Crippen LogP contribution in [0.2, 0.25) is 0 Å². The van der Waals surface area contributed by atoms with E-state index in [0.29, 0.717) is 11.0 Å². The van der Waals surface area contributed by atoms with Crippen molar-refractivity contribution < 1.29 is 28.6 Å². The van der Waals surface area contributed by atoms with Crippen LogP contribution >= 0.6 is 0 Å². The molecule has 0 bridgehead atoms. The molecule has 0 spiro atoms. The number of nitrogens with zero attached hydrogens (tertiary/aromatic N) is 3. The summed E-state index contributed by atoms with van der Waals surface area (Å²) < 4.78 is 26.7. The molecule has 0 unspecified atom stereocenters. The van der Waals surface area contributed by atoms with E-state index in [9.17, 15) is 28.6 Å². The molecular formula is C17H9F2N3O4. The van der Waals surface area contributed by atoms with Crippen LogP contribution in [0.4, 0.5) is 8.78 Å². The van der Waals surface area contributed by atoms with Gasteiger partial charge in [-0.15, -0.1) is 0 Å². The second kappa shape index (κ2) is 5.45. The number of carbonyl (C=O) groups excluding carboxylic acids is 2. The van der Waals surface area contributed by atoms with Gasteiger partial charge in [-0.05, 0) is 17.7 Å². The van der Waals surface area contributed by atoms with Gasteiger partial charge in [0.25, 0.3) is 11.8 Å². The maximum atomic E-state index is 13.4. The summed E-state index contributed by atoms with van der Waals surface area (Å²) in [6.45, 7) is -0.433. The van der Waals surface area contributed by atoms with Crippen molar-refractivity contribution in [3.8, 4) is 11.5 Å². The van der Waals surface area contributed by atoms with Gasteiger partial charge < -0.3 is 10.2 Å². The van der Waals surface area contributed by atoms with Gasteiger partial charge >= 0.3 is 0 Å². The molecule has 130 valence electrons. The van der Waals surface area contributed by atoms with Crippen LogP contribution in [0.5, 0.6) is 11.5 Å². The molecule has 1 aliphatic heterocycles. The molecule has 7 nitrogen and oxygen atoms in total. The molecule has 1 aliphatic rings. The summed E-state index contributed by atoms with van der Waals surface area (Å²) in [7, 11) is 0. The zero-order valence-electron chi connectivity index (χ0n) is 12.9. The van der Waals surface area contributed by atoms with Crippen molar-refractivity contribution >= 4 is 22.8 Å². The number of hydrogen-bond donors (Lipinski definition) is 2. The van der Waals surface area contributed by atoms with E-state index >= 15 is 0 Å². The number of amides is 2. The lowest BCUT2D eigenvalue weighted by Crippen LogP contribution is -2.29. The second-order valence-electron chi connectivity index (χ2n) is 5.67. The number of fused-ring (bicyclic) bond motifs is 2. The van der Waals surface area contributed by atoms with Crippen molar-refractivity contribution in [2.24, 2.45) is 0 Å². The third-order valence-corrected chi connectivity index (χ3v) is 4.05. The van der Waals surface area contributed by atoms with E-state index in [1.54, 1.807) is 0 Å². The summed E-state index contributed by atoms with van der Waals surface area (Å²) in [4.78, 5) is 33.6. The highest BCUT2D eigenvalue weighted by Gasteiger charge is 2.42. The fourth-order valence-corrected chi connectivity index (χ4v) is 2.97. The van der Waals surface area contributed by atoms with Crippen LogP contribution in [-0.4, -0.2) is 36.9 Å². The Balaban J connectivity index is 1.85. The van der Waals surface area contributed by atoms with Gasteiger partial charge in [0.05, 0.1) is 6.54 Å². The maximum absolute atomic E-state index is 13.4. The average Bonchev–Trinajstić information content (AvgIpc) is 2.84. The first-order valence-corrected chi connectivity index (χ1v) is 7.38. The molecule has 4 rings (SSSR count). The number of rotatable bonds is 2.